The molecule has 0 amide bonds. The molecule has 0 radical (unpaired) electrons. The smallest absolute Gasteiger partial charge is 0.0406 e. The highest BCUT2D eigenvalue weighted by molar-refractivity contribution is 6.30. The van der Waals surface area contributed by atoms with Gasteiger partial charge in [0.25, 0.3) is 0 Å². The highest BCUT2D eigenvalue weighted by atomic mass is 35.5. The van der Waals surface area contributed by atoms with Crippen molar-refractivity contribution in [3.05, 3.63) is 119 Å². The third-order valence-corrected chi connectivity index (χ3v) is 3.86. The number of aryl methyl sites for hydroxylation is 2. The molecule has 0 aliphatic heterocycles. The molecule has 0 saturated heterocycles. The van der Waals surface area contributed by atoms with Crippen LogP contribution in [0.1, 0.15) is 25.0 Å². The Morgan fingerprint density at radius 3 is 1.07 bits per heavy atom. The summed E-state index contributed by atoms with van der Waals surface area (Å²) in [4.78, 5) is 0. The van der Waals surface area contributed by atoms with Crippen molar-refractivity contribution in [2.45, 2.75) is 27.7 Å². The first-order valence-corrected chi connectivity index (χ1v) is 9.70. The first kappa shape index (κ1) is 22.5. The van der Waals surface area contributed by atoms with Gasteiger partial charge >= 0.3 is 0 Å². The largest absolute Gasteiger partial charge is 0.0843 e. The van der Waals surface area contributed by atoms with Gasteiger partial charge in [-0.3, -0.25) is 0 Å². The molecule has 4 aromatic carbocycles. The standard InChI is InChI=1S/C10H8.C7H7Cl.C7H8.C2H6/c1-2-6-10-8-4-3-7-9(10)5-1;1-6-2-4-7(8)5-3-6;1-7-5-3-2-4-6-7;1-2/h1-8H;2-5H,1H3;2-6H,1H3;1-2H3. The molecular formula is C26H29Cl. The molecule has 0 bridgehead atoms. The predicted octanol–water partition coefficient (Wildman–Crippen LogP) is 8.51. The molecular weight excluding hydrogens is 348 g/mol. The van der Waals surface area contributed by atoms with E-state index >= 15 is 0 Å². The maximum absolute atomic E-state index is 5.61. The Labute approximate surface area is 169 Å². The lowest BCUT2D eigenvalue weighted by atomic mass is 10.1. The molecule has 0 N–H and O–H groups in total. The lowest BCUT2D eigenvalue weighted by Gasteiger charge is -1.92. The van der Waals surface area contributed by atoms with Gasteiger partial charge in [-0.2, -0.15) is 0 Å². The fourth-order valence-corrected chi connectivity index (χ4v) is 2.33. The van der Waals surface area contributed by atoms with Crippen molar-refractivity contribution < 1.29 is 0 Å². The second-order valence-corrected chi connectivity index (χ2v) is 6.23. The second-order valence-electron chi connectivity index (χ2n) is 5.80. The maximum atomic E-state index is 5.61. The van der Waals surface area contributed by atoms with Gasteiger partial charge in [-0.1, -0.05) is 128 Å². The summed E-state index contributed by atoms with van der Waals surface area (Å²) in [6.45, 7) is 8.12. The number of hydrogen-bond acceptors (Lipinski definition) is 0. The molecule has 0 saturated carbocycles. The van der Waals surface area contributed by atoms with Crippen molar-refractivity contribution in [3.8, 4) is 0 Å². The van der Waals surface area contributed by atoms with Crippen molar-refractivity contribution in [1.82, 2.24) is 0 Å². The van der Waals surface area contributed by atoms with E-state index in [4.69, 9.17) is 11.6 Å². The van der Waals surface area contributed by atoms with Crippen LogP contribution in [0.2, 0.25) is 5.02 Å². The summed E-state index contributed by atoms with van der Waals surface area (Å²) in [7, 11) is 0. The maximum Gasteiger partial charge on any atom is 0.0406 e. The minimum absolute atomic E-state index is 0.801. The Kier molecular flexibility index (Phi) is 11.3. The van der Waals surface area contributed by atoms with Crippen LogP contribution in [0.15, 0.2) is 103 Å². The van der Waals surface area contributed by atoms with E-state index in [1.165, 1.54) is 21.9 Å². The van der Waals surface area contributed by atoms with Crippen LogP contribution in [0.25, 0.3) is 10.8 Å². The van der Waals surface area contributed by atoms with Crippen LogP contribution in [0.4, 0.5) is 0 Å². The van der Waals surface area contributed by atoms with Gasteiger partial charge in [-0.05, 0) is 36.8 Å². The lowest BCUT2D eigenvalue weighted by Crippen LogP contribution is -1.67. The Balaban J connectivity index is 0.000000197. The number of rotatable bonds is 0. The Hall–Kier alpha value is -2.57. The van der Waals surface area contributed by atoms with Crippen LogP contribution in [-0.2, 0) is 0 Å². The van der Waals surface area contributed by atoms with Crippen LogP contribution in [-0.4, -0.2) is 0 Å². The van der Waals surface area contributed by atoms with Crippen LogP contribution in [0.3, 0.4) is 0 Å². The molecule has 0 fully saturated rings. The molecule has 0 atom stereocenters. The van der Waals surface area contributed by atoms with E-state index in [1.54, 1.807) is 0 Å². The third-order valence-electron chi connectivity index (χ3n) is 3.61. The molecule has 0 heterocycles. The van der Waals surface area contributed by atoms with E-state index in [1.807, 2.05) is 63.2 Å². The van der Waals surface area contributed by atoms with E-state index in [0.717, 1.165) is 5.02 Å². The molecule has 0 aromatic heterocycles. The number of hydrogen-bond donors (Lipinski definition) is 0. The van der Waals surface area contributed by atoms with Crippen LogP contribution in [0.5, 0.6) is 0 Å². The Bertz CT molecular complexity index is 779. The fraction of sp³-hybridized carbons (Fsp3) is 0.154. The van der Waals surface area contributed by atoms with E-state index in [0.29, 0.717) is 0 Å². The normalized spacial score (nSPS) is 8.93. The average molecular weight is 377 g/mol. The molecule has 27 heavy (non-hydrogen) atoms. The van der Waals surface area contributed by atoms with Crippen molar-refractivity contribution in [3.63, 3.8) is 0 Å². The summed E-state index contributed by atoms with van der Waals surface area (Å²) in [6.07, 6.45) is 0. The van der Waals surface area contributed by atoms with E-state index in [2.05, 4.69) is 67.6 Å². The summed E-state index contributed by atoms with van der Waals surface area (Å²) in [5.74, 6) is 0. The summed E-state index contributed by atoms with van der Waals surface area (Å²) < 4.78 is 0. The number of benzene rings is 4. The van der Waals surface area contributed by atoms with E-state index in [9.17, 15) is 0 Å². The topological polar surface area (TPSA) is 0 Å². The van der Waals surface area contributed by atoms with Gasteiger partial charge in [0.1, 0.15) is 0 Å². The number of fused-ring (bicyclic) bond motifs is 1. The lowest BCUT2D eigenvalue weighted by molar-refractivity contribution is 1.48. The van der Waals surface area contributed by atoms with Crippen LogP contribution in [0, 0.1) is 13.8 Å². The minimum Gasteiger partial charge on any atom is -0.0843 e. The SMILES string of the molecule is CC.Cc1ccc(Cl)cc1.Cc1ccccc1.c1ccc2ccccc2c1. The van der Waals surface area contributed by atoms with Gasteiger partial charge in [0.05, 0.1) is 0 Å². The number of halogens is 1. The predicted molar refractivity (Wildman–Crippen MR) is 123 cm³/mol. The molecule has 0 aliphatic carbocycles. The first-order valence-electron chi connectivity index (χ1n) is 9.33. The molecule has 140 valence electrons. The van der Waals surface area contributed by atoms with Crippen molar-refractivity contribution in [2.75, 3.05) is 0 Å². The van der Waals surface area contributed by atoms with Gasteiger partial charge in [0.2, 0.25) is 0 Å². The molecule has 4 rings (SSSR count). The molecule has 4 aromatic rings. The quantitative estimate of drug-likeness (QED) is 0.288. The van der Waals surface area contributed by atoms with Gasteiger partial charge < -0.3 is 0 Å². The van der Waals surface area contributed by atoms with E-state index in [-0.39, 0.29) is 0 Å². The van der Waals surface area contributed by atoms with E-state index < -0.39 is 0 Å². The highest BCUT2D eigenvalue weighted by Gasteiger charge is 1.85. The third kappa shape index (κ3) is 9.63. The second kappa shape index (κ2) is 13.6. The zero-order chi connectivity index (χ0) is 19.9. The molecule has 0 aliphatic rings. The van der Waals surface area contributed by atoms with Gasteiger partial charge in [0, 0.05) is 5.02 Å². The van der Waals surface area contributed by atoms with Gasteiger partial charge in [-0.25, -0.2) is 0 Å². The summed E-state index contributed by atoms with van der Waals surface area (Å²) >= 11 is 5.61. The zero-order valence-electron chi connectivity index (χ0n) is 16.7. The summed E-state index contributed by atoms with van der Waals surface area (Å²) in [5, 5.41) is 3.42. The van der Waals surface area contributed by atoms with Crippen molar-refractivity contribution in [2.24, 2.45) is 0 Å². The van der Waals surface area contributed by atoms with Gasteiger partial charge in [-0.15, -0.1) is 0 Å². The Morgan fingerprint density at radius 2 is 0.778 bits per heavy atom. The molecule has 0 unspecified atom stereocenters. The van der Waals surface area contributed by atoms with Crippen molar-refractivity contribution >= 4 is 22.4 Å². The van der Waals surface area contributed by atoms with Crippen LogP contribution >= 0.6 is 11.6 Å². The summed E-state index contributed by atoms with van der Waals surface area (Å²) in [6, 6.07) is 34.7. The average Bonchev–Trinajstić information content (AvgIpc) is 2.73. The van der Waals surface area contributed by atoms with Gasteiger partial charge in [0.15, 0.2) is 0 Å². The van der Waals surface area contributed by atoms with Crippen molar-refractivity contribution in [1.29, 1.82) is 0 Å². The highest BCUT2D eigenvalue weighted by Crippen LogP contribution is 2.11. The summed E-state index contributed by atoms with van der Waals surface area (Å²) in [5.41, 5.74) is 2.57. The monoisotopic (exact) mass is 376 g/mol. The molecule has 0 nitrogen and oxygen atoms in total. The first-order chi connectivity index (χ1) is 13.1. The fourth-order valence-electron chi connectivity index (χ4n) is 2.20. The zero-order valence-corrected chi connectivity index (χ0v) is 17.4. The Morgan fingerprint density at radius 1 is 0.444 bits per heavy atom. The molecule has 1 heteroatoms. The minimum atomic E-state index is 0.801. The molecule has 0 spiro atoms. The van der Waals surface area contributed by atoms with Crippen LogP contribution < -0.4 is 0 Å².